The molecule has 1 N–H and O–H groups in total. The molecule has 0 atom stereocenters. The van der Waals surface area contributed by atoms with E-state index in [0.29, 0.717) is 30.0 Å². The van der Waals surface area contributed by atoms with E-state index in [1.54, 1.807) is 11.8 Å². The Hall–Kier alpha value is -1.89. The van der Waals surface area contributed by atoms with Crippen molar-refractivity contribution in [3.8, 4) is 0 Å². The SMILES string of the molecule is CCOC(=O)c1c(NC(=O)CN2CCCCCCC2=O)sc(C)c1CC. The summed E-state index contributed by atoms with van der Waals surface area (Å²) in [4.78, 5) is 39.7. The quantitative estimate of drug-likeness (QED) is 0.766. The topological polar surface area (TPSA) is 75.7 Å². The molecule has 2 heterocycles. The number of likely N-dealkylation sites (tertiary alicyclic amines) is 1. The number of anilines is 1. The number of thiophene rings is 1. The van der Waals surface area contributed by atoms with Crippen LogP contribution in [0.3, 0.4) is 0 Å². The van der Waals surface area contributed by atoms with E-state index in [2.05, 4.69) is 5.32 Å². The summed E-state index contributed by atoms with van der Waals surface area (Å²) >= 11 is 1.38. The van der Waals surface area contributed by atoms with E-state index in [0.717, 1.165) is 36.1 Å². The van der Waals surface area contributed by atoms with E-state index in [9.17, 15) is 14.4 Å². The lowest BCUT2D eigenvalue weighted by molar-refractivity contribution is -0.135. The van der Waals surface area contributed by atoms with Crippen molar-refractivity contribution in [2.24, 2.45) is 0 Å². The Morgan fingerprint density at radius 1 is 1.19 bits per heavy atom. The molecule has 6 nitrogen and oxygen atoms in total. The van der Waals surface area contributed by atoms with Crippen LogP contribution in [0.5, 0.6) is 0 Å². The highest BCUT2D eigenvalue weighted by Crippen LogP contribution is 2.34. The van der Waals surface area contributed by atoms with E-state index >= 15 is 0 Å². The zero-order valence-electron chi connectivity index (χ0n) is 15.9. The van der Waals surface area contributed by atoms with Crippen molar-refractivity contribution < 1.29 is 19.1 Å². The van der Waals surface area contributed by atoms with Crippen LogP contribution in [-0.2, 0) is 20.7 Å². The number of hydrogen-bond donors (Lipinski definition) is 1. The summed E-state index contributed by atoms with van der Waals surface area (Å²) in [5.41, 5.74) is 1.36. The maximum Gasteiger partial charge on any atom is 0.341 e. The summed E-state index contributed by atoms with van der Waals surface area (Å²) < 4.78 is 5.16. The van der Waals surface area contributed by atoms with Crippen molar-refractivity contribution in [2.45, 2.75) is 59.3 Å². The number of ether oxygens (including phenoxy) is 1. The average Bonchev–Trinajstić information content (AvgIpc) is 2.89. The van der Waals surface area contributed by atoms with Crippen LogP contribution in [0.1, 0.15) is 66.8 Å². The molecule has 1 aromatic heterocycles. The monoisotopic (exact) mass is 380 g/mol. The standard InChI is InChI=1S/C19H28N2O4S/c1-4-14-13(3)26-18(17(14)19(24)25-5-2)20-15(22)12-21-11-9-7-6-8-10-16(21)23/h4-12H2,1-3H3,(H,20,22). The van der Waals surface area contributed by atoms with Gasteiger partial charge in [-0.15, -0.1) is 11.3 Å². The van der Waals surface area contributed by atoms with Gasteiger partial charge in [-0.25, -0.2) is 4.79 Å². The van der Waals surface area contributed by atoms with E-state index in [4.69, 9.17) is 4.74 Å². The molecule has 1 aromatic rings. The molecule has 2 amide bonds. The number of aryl methyl sites for hydroxylation is 1. The summed E-state index contributed by atoms with van der Waals surface area (Å²) in [6.45, 7) is 6.59. The fourth-order valence-corrected chi connectivity index (χ4v) is 4.38. The maximum absolute atomic E-state index is 12.5. The number of rotatable bonds is 6. The molecule has 0 aromatic carbocycles. The van der Waals surface area contributed by atoms with Gasteiger partial charge in [-0.1, -0.05) is 19.8 Å². The summed E-state index contributed by atoms with van der Waals surface area (Å²) in [6, 6.07) is 0. The predicted molar refractivity (Wildman–Crippen MR) is 103 cm³/mol. The van der Waals surface area contributed by atoms with Gasteiger partial charge in [0.15, 0.2) is 0 Å². The van der Waals surface area contributed by atoms with Crippen LogP contribution in [0.2, 0.25) is 0 Å². The molecule has 1 aliphatic heterocycles. The molecule has 0 radical (unpaired) electrons. The van der Waals surface area contributed by atoms with Crippen molar-refractivity contribution in [1.29, 1.82) is 0 Å². The number of esters is 1. The lowest BCUT2D eigenvalue weighted by Gasteiger charge is -2.24. The van der Waals surface area contributed by atoms with Gasteiger partial charge in [-0.2, -0.15) is 0 Å². The Bertz CT molecular complexity index is 669. The van der Waals surface area contributed by atoms with Gasteiger partial charge in [0.05, 0.1) is 18.7 Å². The van der Waals surface area contributed by atoms with Crippen LogP contribution < -0.4 is 5.32 Å². The first-order valence-electron chi connectivity index (χ1n) is 9.34. The molecule has 0 aliphatic carbocycles. The Labute approximate surface area is 158 Å². The fourth-order valence-electron chi connectivity index (χ4n) is 3.23. The Morgan fingerprint density at radius 3 is 2.62 bits per heavy atom. The minimum atomic E-state index is -0.411. The van der Waals surface area contributed by atoms with Crippen LogP contribution in [0.4, 0.5) is 5.00 Å². The molecule has 1 fully saturated rings. The van der Waals surface area contributed by atoms with Crippen LogP contribution in [0, 0.1) is 6.92 Å². The Balaban J connectivity index is 2.12. The second-order valence-electron chi connectivity index (χ2n) is 6.44. The zero-order chi connectivity index (χ0) is 19.1. The predicted octanol–water partition coefficient (Wildman–Crippen LogP) is 3.53. The van der Waals surface area contributed by atoms with Crippen molar-refractivity contribution in [3.63, 3.8) is 0 Å². The van der Waals surface area contributed by atoms with Gasteiger partial charge in [0, 0.05) is 17.8 Å². The third kappa shape index (κ3) is 5.06. The van der Waals surface area contributed by atoms with Gasteiger partial charge >= 0.3 is 5.97 Å². The summed E-state index contributed by atoms with van der Waals surface area (Å²) in [7, 11) is 0. The highest BCUT2D eigenvalue weighted by atomic mass is 32.1. The minimum absolute atomic E-state index is 0.0273. The maximum atomic E-state index is 12.5. The molecule has 7 heteroatoms. The molecular formula is C19H28N2O4S. The second-order valence-corrected chi connectivity index (χ2v) is 7.67. The number of nitrogens with one attached hydrogen (secondary N) is 1. The Kier molecular flexibility index (Phi) is 7.63. The third-order valence-corrected chi connectivity index (χ3v) is 5.61. The number of nitrogens with zero attached hydrogens (tertiary/aromatic N) is 1. The number of amides is 2. The zero-order valence-corrected chi connectivity index (χ0v) is 16.7. The Morgan fingerprint density at radius 2 is 1.92 bits per heavy atom. The van der Waals surface area contributed by atoms with Crippen LogP contribution in [0.15, 0.2) is 0 Å². The second kappa shape index (κ2) is 9.71. The first kappa shape index (κ1) is 20.4. The van der Waals surface area contributed by atoms with Crippen LogP contribution >= 0.6 is 11.3 Å². The molecule has 1 aliphatic rings. The normalized spacial score (nSPS) is 15.3. The molecule has 0 unspecified atom stereocenters. The highest BCUT2D eigenvalue weighted by Gasteiger charge is 2.25. The van der Waals surface area contributed by atoms with Gasteiger partial charge in [0.2, 0.25) is 11.8 Å². The molecule has 26 heavy (non-hydrogen) atoms. The molecule has 2 rings (SSSR count). The lowest BCUT2D eigenvalue weighted by atomic mass is 10.1. The first-order chi connectivity index (χ1) is 12.5. The summed E-state index contributed by atoms with van der Waals surface area (Å²) in [5, 5.41) is 3.35. The van der Waals surface area contributed by atoms with Crippen LogP contribution in [-0.4, -0.2) is 42.4 Å². The summed E-state index contributed by atoms with van der Waals surface area (Å²) in [5.74, 6) is -0.651. The smallest absolute Gasteiger partial charge is 0.341 e. The molecule has 1 saturated heterocycles. The largest absolute Gasteiger partial charge is 0.462 e. The van der Waals surface area contributed by atoms with Gasteiger partial charge < -0.3 is 15.0 Å². The number of hydrogen-bond acceptors (Lipinski definition) is 5. The van der Waals surface area contributed by atoms with E-state index in [1.807, 2.05) is 13.8 Å². The number of carbonyl (C=O) groups excluding carboxylic acids is 3. The average molecular weight is 381 g/mol. The van der Waals surface area contributed by atoms with Crippen molar-refractivity contribution in [1.82, 2.24) is 4.90 Å². The number of carbonyl (C=O) groups is 3. The van der Waals surface area contributed by atoms with E-state index in [1.165, 1.54) is 11.3 Å². The van der Waals surface area contributed by atoms with Crippen molar-refractivity contribution in [2.75, 3.05) is 25.0 Å². The molecule has 0 spiro atoms. The molecule has 0 saturated carbocycles. The van der Waals surface area contributed by atoms with Gasteiger partial charge in [0.1, 0.15) is 5.00 Å². The van der Waals surface area contributed by atoms with E-state index in [-0.39, 0.29) is 25.0 Å². The lowest BCUT2D eigenvalue weighted by Crippen LogP contribution is -2.39. The van der Waals surface area contributed by atoms with Crippen molar-refractivity contribution >= 4 is 34.1 Å². The molecule has 144 valence electrons. The van der Waals surface area contributed by atoms with Gasteiger partial charge in [-0.3, -0.25) is 9.59 Å². The van der Waals surface area contributed by atoms with E-state index < -0.39 is 5.97 Å². The van der Waals surface area contributed by atoms with Crippen LogP contribution in [0.25, 0.3) is 0 Å². The molecular weight excluding hydrogens is 352 g/mol. The van der Waals surface area contributed by atoms with Gasteiger partial charge in [-0.05, 0) is 38.7 Å². The fraction of sp³-hybridized carbons (Fsp3) is 0.632. The molecule has 0 bridgehead atoms. The minimum Gasteiger partial charge on any atom is -0.462 e. The van der Waals surface area contributed by atoms with Gasteiger partial charge in [0.25, 0.3) is 0 Å². The van der Waals surface area contributed by atoms with Crippen molar-refractivity contribution in [3.05, 3.63) is 16.0 Å². The third-order valence-electron chi connectivity index (χ3n) is 4.55. The highest BCUT2D eigenvalue weighted by molar-refractivity contribution is 7.16. The first-order valence-corrected chi connectivity index (χ1v) is 10.2. The summed E-state index contributed by atoms with van der Waals surface area (Å²) in [6.07, 6.45) is 5.15.